The Morgan fingerprint density at radius 2 is 2.00 bits per heavy atom. The van der Waals surface area contributed by atoms with Crippen LogP contribution in [-0.4, -0.2) is 45.0 Å². The summed E-state index contributed by atoms with van der Waals surface area (Å²) >= 11 is 1.88. The van der Waals surface area contributed by atoms with Gasteiger partial charge in [-0.1, -0.05) is 19.1 Å². The van der Waals surface area contributed by atoms with Crippen LogP contribution in [0, 0.1) is 0 Å². The summed E-state index contributed by atoms with van der Waals surface area (Å²) in [4.78, 5) is 0. The average molecular weight is 313 g/mol. The van der Waals surface area contributed by atoms with E-state index in [1.54, 1.807) is 7.11 Å². The van der Waals surface area contributed by atoms with Gasteiger partial charge in [0.15, 0.2) is 11.5 Å². The highest BCUT2D eigenvalue weighted by atomic mass is 32.2. The van der Waals surface area contributed by atoms with Gasteiger partial charge in [-0.15, -0.1) is 0 Å². The van der Waals surface area contributed by atoms with E-state index in [1.165, 1.54) is 0 Å². The minimum Gasteiger partial charge on any atom is -0.490 e. The molecule has 0 amide bonds. The molecule has 1 aromatic carbocycles. The van der Waals surface area contributed by atoms with Crippen molar-refractivity contribution in [3.63, 3.8) is 0 Å². The van der Waals surface area contributed by atoms with E-state index in [0.29, 0.717) is 19.8 Å². The van der Waals surface area contributed by atoms with Gasteiger partial charge < -0.3 is 19.5 Å². The zero-order valence-electron chi connectivity index (χ0n) is 13.3. The molecule has 0 atom stereocenters. The van der Waals surface area contributed by atoms with Crippen LogP contribution in [0.3, 0.4) is 0 Å². The molecule has 1 N–H and O–H groups in total. The minimum absolute atomic E-state index is 0.640. The molecule has 0 aliphatic rings. The second kappa shape index (κ2) is 11.7. The average Bonchev–Trinajstić information content (AvgIpc) is 2.50. The van der Waals surface area contributed by atoms with Crippen LogP contribution in [0.15, 0.2) is 18.2 Å². The molecule has 21 heavy (non-hydrogen) atoms. The van der Waals surface area contributed by atoms with Crippen molar-refractivity contribution >= 4 is 11.8 Å². The molecule has 120 valence electrons. The van der Waals surface area contributed by atoms with Crippen LogP contribution in [0.1, 0.15) is 19.4 Å². The molecule has 0 aliphatic carbocycles. The predicted octanol–water partition coefficient (Wildman–Crippen LogP) is 2.95. The third kappa shape index (κ3) is 7.07. The number of benzene rings is 1. The van der Waals surface area contributed by atoms with Gasteiger partial charge in [-0.3, -0.25) is 0 Å². The third-order valence-corrected chi connectivity index (χ3v) is 3.70. The number of hydrogen-bond donors (Lipinski definition) is 1. The van der Waals surface area contributed by atoms with Crippen molar-refractivity contribution in [2.24, 2.45) is 0 Å². The molecule has 0 fully saturated rings. The maximum absolute atomic E-state index is 5.96. The van der Waals surface area contributed by atoms with Gasteiger partial charge in [-0.05, 0) is 18.7 Å². The molecule has 0 aromatic heterocycles. The normalized spacial score (nSPS) is 10.6. The largest absolute Gasteiger partial charge is 0.490 e. The zero-order valence-corrected chi connectivity index (χ0v) is 14.1. The molecule has 0 saturated heterocycles. The van der Waals surface area contributed by atoms with Gasteiger partial charge in [0, 0.05) is 31.5 Å². The van der Waals surface area contributed by atoms with E-state index in [2.05, 4.69) is 18.3 Å². The van der Waals surface area contributed by atoms with E-state index in [9.17, 15) is 0 Å². The smallest absolute Gasteiger partial charge is 0.165 e. The molecule has 0 aliphatic heterocycles. The van der Waals surface area contributed by atoms with Crippen LogP contribution in [0.25, 0.3) is 0 Å². The number of nitrogens with one attached hydrogen (secondary N) is 1. The van der Waals surface area contributed by atoms with Gasteiger partial charge in [0.1, 0.15) is 0 Å². The Kier molecular flexibility index (Phi) is 10.1. The van der Waals surface area contributed by atoms with Crippen LogP contribution < -0.4 is 14.8 Å². The predicted molar refractivity (Wildman–Crippen MR) is 89.7 cm³/mol. The molecule has 1 rings (SSSR count). The summed E-state index contributed by atoms with van der Waals surface area (Å²) in [5.41, 5.74) is 1.12. The number of hydrogen-bond acceptors (Lipinski definition) is 5. The van der Waals surface area contributed by atoms with Gasteiger partial charge in [-0.25, -0.2) is 0 Å². The summed E-state index contributed by atoms with van der Waals surface area (Å²) in [6, 6.07) is 6.04. The van der Waals surface area contributed by atoms with Crippen molar-refractivity contribution in [2.75, 3.05) is 45.0 Å². The number of ether oxygens (including phenoxy) is 3. The number of thioether (sulfide) groups is 1. The standard InChI is InChI=1S/C16H27NO3S/c1-4-19-15-8-6-7-14(13-17-9-10-18-3)16(15)20-11-12-21-5-2/h6-8,17H,4-5,9-13H2,1-3H3. The van der Waals surface area contributed by atoms with Crippen molar-refractivity contribution < 1.29 is 14.2 Å². The maximum atomic E-state index is 5.96. The Bertz CT molecular complexity index is 388. The van der Waals surface area contributed by atoms with E-state index in [-0.39, 0.29) is 0 Å². The van der Waals surface area contributed by atoms with Crippen molar-refractivity contribution in [1.29, 1.82) is 0 Å². The zero-order chi connectivity index (χ0) is 15.3. The van der Waals surface area contributed by atoms with Gasteiger partial charge >= 0.3 is 0 Å². The molecule has 5 heteroatoms. The molecule has 1 aromatic rings. The lowest BCUT2D eigenvalue weighted by Crippen LogP contribution is -2.19. The highest BCUT2D eigenvalue weighted by Gasteiger charge is 2.10. The Morgan fingerprint density at radius 1 is 1.14 bits per heavy atom. The summed E-state index contributed by atoms with van der Waals surface area (Å²) in [5.74, 6) is 3.79. The number of methoxy groups -OCH3 is 1. The first kappa shape index (κ1) is 18.1. The van der Waals surface area contributed by atoms with Crippen molar-refractivity contribution in [2.45, 2.75) is 20.4 Å². The lowest BCUT2D eigenvalue weighted by atomic mass is 10.2. The Labute approximate surface area is 132 Å². The van der Waals surface area contributed by atoms with Crippen molar-refractivity contribution in [3.8, 4) is 11.5 Å². The third-order valence-electron chi connectivity index (χ3n) is 2.84. The molecular formula is C16H27NO3S. The van der Waals surface area contributed by atoms with E-state index in [0.717, 1.165) is 41.7 Å². The van der Waals surface area contributed by atoms with Gasteiger partial charge in [0.2, 0.25) is 0 Å². The fourth-order valence-electron chi connectivity index (χ4n) is 1.88. The van der Waals surface area contributed by atoms with E-state index >= 15 is 0 Å². The monoisotopic (exact) mass is 313 g/mol. The first-order valence-corrected chi connectivity index (χ1v) is 8.63. The van der Waals surface area contributed by atoms with Crippen LogP contribution in [0.2, 0.25) is 0 Å². The van der Waals surface area contributed by atoms with E-state index < -0.39 is 0 Å². The summed E-state index contributed by atoms with van der Waals surface area (Å²) < 4.78 is 16.7. The van der Waals surface area contributed by atoms with Gasteiger partial charge in [-0.2, -0.15) is 11.8 Å². The Hall–Kier alpha value is -0.910. The summed E-state index contributed by atoms with van der Waals surface area (Å²) in [7, 11) is 1.71. The molecule has 0 unspecified atom stereocenters. The van der Waals surface area contributed by atoms with Gasteiger partial charge in [0.25, 0.3) is 0 Å². The second-order valence-corrected chi connectivity index (χ2v) is 5.79. The summed E-state index contributed by atoms with van der Waals surface area (Å²) in [6.45, 7) is 7.76. The van der Waals surface area contributed by atoms with Crippen LogP contribution >= 0.6 is 11.8 Å². The quantitative estimate of drug-likeness (QED) is 0.601. The first-order chi connectivity index (χ1) is 10.3. The number of rotatable bonds is 12. The molecule has 4 nitrogen and oxygen atoms in total. The fourth-order valence-corrected chi connectivity index (χ4v) is 2.37. The molecule has 0 bridgehead atoms. The highest BCUT2D eigenvalue weighted by molar-refractivity contribution is 7.99. The minimum atomic E-state index is 0.640. The summed E-state index contributed by atoms with van der Waals surface area (Å²) in [5, 5.41) is 3.35. The number of para-hydroxylation sites is 1. The van der Waals surface area contributed by atoms with Crippen molar-refractivity contribution in [1.82, 2.24) is 5.32 Å². The molecule has 0 radical (unpaired) electrons. The Balaban J connectivity index is 2.66. The maximum Gasteiger partial charge on any atom is 0.165 e. The molecule has 0 heterocycles. The van der Waals surface area contributed by atoms with E-state index in [4.69, 9.17) is 14.2 Å². The Morgan fingerprint density at radius 3 is 2.71 bits per heavy atom. The molecule has 0 saturated carbocycles. The molecule has 0 spiro atoms. The topological polar surface area (TPSA) is 39.7 Å². The summed E-state index contributed by atoms with van der Waals surface area (Å²) in [6.07, 6.45) is 0. The van der Waals surface area contributed by atoms with Gasteiger partial charge in [0.05, 0.1) is 19.8 Å². The van der Waals surface area contributed by atoms with Crippen molar-refractivity contribution in [3.05, 3.63) is 23.8 Å². The SMILES string of the molecule is CCOc1cccc(CNCCOC)c1OCCSCC. The lowest BCUT2D eigenvalue weighted by Gasteiger charge is -2.16. The first-order valence-electron chi connectivity index (χ1n) is 7.48. The highest BCUT2D eigenvalue weighted by Crippen LogP contribution is 2.31. The lowest BCUT2D eigenvalue weighted by molar-refractivity contribution is 0.199. The van der Waals surface area contributed by atoms with Crippen LogP contribution in [-0.2, 0) is 11.3 Å². The van der Waals surface area contributed by atoms with Crippen LogP contribution in [0.4, 0.5) is 0 Å². The van der Waals surface area contributed by atoms with E-state index in [1.807, 2.05) is 30.8 Å². The molecular weight excluding hydrogens is 286 g/mol. The fraction of sp³-hybridized carbons (Fsp3) is 0.625. The van der Waals surface area contributed by atoms with Crippen LogP contribution in [0.5, 0.6) is 11.5 Å². The second-order valence-electron chi connectivity index (χ2n) is 4.39.